The lowest BCUT2D eigenvalue weighted by molar-refractivity contribution is -0.0512. The highest BCUT2D eigenvalue weighted by Crippen LogP contribution is 2.30. The summed E-state index contributed by atoms with van der Waals surface area (Å²) in [7, 11) is 2.94. The zero-order valence-electron chi connectivity index (χ0n) is 16.3. The number of methoxy groups -OCH3 is 1. The van der Waals surface area contributed by atoms with Gasteiger partial charge in [0.1, 0.15) is 0 Å². The Hall–Kier alpha value is -3.36. The molecule has 0 saturated carbocycles. The lowest BCUT2D eigenvalue weighted by Crippen LogP contribution is -2.26. The fraction of sp³-hybridized carbons (Fsp3) is 0.300. The van der Waals surface area contributed by atoms with E-state index >= 15 is 0 Å². The predicted molar refractivity (Wildman–Crippen MR) is 103 cm³/mol. The van der Waals surface area contributed by atoms with Crippen LogP contribution in [0.4, 0.5) is 19.3 Å². The van der Waals surface area contributed by atoms with E-state index in [9.17, 15) is 18.4 Å². The Morgan fingerprint density at radius 2 is 1.90 bits per heavy atom. The predicted octanol–water partition coefficient (Wildman–Crippen LogP) is 4.14. The van der Waals surface area contributed by atoms with Crippen molar-refractivity contribution < 1.29 is 32.6 Å². The Labute approximate surface area is 167 Å². The van der Waals surface area contributed by atoms with Crippen LogP contribution in [0.1, 0.15) is 22.8 Å². The van der Waals surface area contributed by atoms with Crippen molar-refractivity contribution in [3.05, 3.63) is 53.6 Å². The molecule has 2 aromatic carbocycles. The van der Waals surface area contributed by atoms with Gasteiger partial charge in [-0.3, -0.25) is 10.1 Å². The molecule has 0 atom stereocenters. The van der Waals surface area contributed by atoms with Gasteiger partial charge < -0.3 is 19.1 Å². The first-order valence-corrected chi connectivity index (χ1v) is 8.75. The molecule has 9 heteroatoms. The molecule has 2 rings (SSSR count). The van der Waals surface area contributed by atoms with Crippen LogP contribution in [-0.4, -0.2) is 44.3 Å². The van der Waals surface area contributed by atoms with Gasteiger partial charge in [0.15, 0.2) is 11.5 Å². The second-order valence-corrected chi connectivity index (χ2v) is 5.95. The van der Waals surface area contributed by atoms with Gasteiger partial charge in [-0.05, 0) is 42.8 Å². The molecule has 0 saturated heterocycles. The Morgan fingerprint density at radius 3 is 2.55 bits per heavy atom. The van der Waals surface area contributed by atoms with Gasteiger partial charge in [-0.15, -0.1) is 0 Å². The molecule has 0 aliphatic carbocycles. The standard InChI is InChI=1S/C20H22F2N2O5/c1-4-28-20(26)23-15-7-5-6-14(11-15)18(25)24(2)12-13-8-9-16(29-19(21)22)17(10-13)27-3/h5-11,19H,4,12H2,1-3H3,(H,23,26). The van der Waals surface area contributed by atoms with E-state index in [2.05, 4.69) is 10.1 Å². The topological polar surface area (TPSA) is 77.1 Å². The van der Waals surface area contributed by atoms with Gasteiger partial charge in [-0.2, -0.15) is 8.78 Å². The van der Waals surface area contributed by atoms with E-state index in [0.717, 1.165) is 0 Å². The molecule has 0 spiro atoms. The molecule has 0 bridgehead atoms. The number of carbonyl (C=O) groups excluding carboxylic acids is 2. The highest BCUT2D eigenvalue weighted by atomic mass is 19.3. The number of hydrogen-bond donors (Lipinski definition) is 1. The summed E-state index contributed by atoms with van der Waals surface area (Å²) in [5, 5.41) is 2.54. The van der Waals surface area contributed by atoms with Crippen LogP contribution in [0.5, 0.6) is 11.5 Å². The number of benzene rings is 2. The third-order valence-corrected chi connectivity index (χ3v) is 3.84. The summed E-state index contributed by atoms with van der Waals surface area (Å²) in [6.07, 6.45) is -0.608. The fourth-order valence-corrected chi connectivity index (χ4v) is 2.58. The van der Waals surface area contributed by atoms with E-state index in [-0.39, 0.29) is 30.6 Å². The quantitative estimate of drug-likeness (QED) is 0.711. The van der Waals surface area contributed by atoms with Crippen molar-refractivity contribution in [1.82, 2.24) is 4.90 Å². The van der Waals surface area contributed by atoms with Gasteiger partial charge in [0.05, 0.1) is 13.7 Å². The molecular weight excluding hydrogens is 386 g/mol. The molecule has 1 N–H and O–H groups in total. The largest absolute Gasteiger partial charge is 0.493 e. The zero-order valence-corrected chi connectivity index (χ0v) is 16.3. The van der Waals surface area contributed by atoms with Crippen molar-refractivity contribution in [1.29, 1.82) is 0 Å². The summed E-state index contributed by atoms with van der Waals surface area (Å²) in [5.74, 6) is -0.230. The number of carbonyl (C=O) groups is 2. The van der Waals surface area contributed by atoms with E-state index in [4.69, 9.17) is 9.47 Å². The molecule has 7 nitrogen and oxygen atoms in total. The van der Waals surface area contributed by atoms with E-state index < -0.39 is 12.7 Å². The molecule has 0 heterocycles. The number of hydrogen-bond acceptors (Lipinski definition) is 5. The minimum Gasteiger partial charge on any atom is -0.493 e. The summed E-state index contributed by atoms with van der Waals surface area (Å²) < 4.78 is 39.1. The molecule has 0 aromatic heterocycles. The molecule has 0 fully saturated rings. The minimum atomic E-state index is -2.96. The van der Waals surface area contributed by atoms with Gasteiger partial charge in [-0.25, -0.2) is 4.79 Å². The minimum absolute atomic E-state index is 0.0852. The third-order valence-electron chi connectivity index (χ3n) is 3.84. The van der Waals surface area contributed by atoms with Crippen molar-refractivity contribution in [2.45, 2.75) is 20.1 Å². The number of nitrogens with one attached hydrogen (secondary N) is 1. The van der Waals surface area contributed by atoms with Crippen LogP contribution < -0.4 is 14.8 Å². The highest BCUT2D eigenvalue weighted by Gasteiger charge is 2.16. The smallest absolute Gasteiger partial charge is 0.411 e. The number of rotatable bonds is 8. The molecule has 0 aliphatic heterocycles. The van der Waals surface area contributed by atoms with Crippen LogP contribution in [0.2, 0.25) is 0 Å². The summed E-state index contributed by atoms with van der Waals surface area (Å²) in [6, 6.07) is 10.9. The normalized spacial score (nSPS) is 10.4. The molecular formula is C20H22F2N2O5. The van der Waals surface area contributed by atoms with E-state index in [1.807, 2.05) is 0 Å². The molecule has 0 unspecified atom stereocenters. The second-order valence-electron chi connectivity index (χ2n) is 5.95. The van der Waals surface area contributed by atoms with Crippen LogP contribution in [-0.2, 0) is 11.3 Å². The molecule has 2 aromatic rings. The summed E-state index contributed by atoms with van der Waals surface area (Å²) in [5.41, 5.74) is 1.46. The van der Waals surface area contributed by atoms with E-state index in [0.29, 0.717) is 16.8 Å². The lowest BCUT2D eigenvalue weighted by atomic mass is 10.1. The van der Waals surface area contributed by atoms with Gasteiger partial charge in [0.2, 0.25) is 0 Å². The first-order chi connectivity index (χ1) is 13.8. The fourth-order valence-electron chi connectivity index (χ4n) is 2.58. The number of nitrogens with zero attached hydrogens (tertiary/aromatic N) is 1. The Kier molecular flexibility index (Phi) is 7.76. The van der Waals surface area contributed by atoms with Crippen molar-refractivity contribution in [3.63, 3.8) is 0 Å². The monoisotopic (exact) mass is 408 g/mol. The SMILES string of the molecule is CCOC(=O)Nc1cccc(C(=O)N(C)Cc2ccc(OC(F)F)c(OC)c2)c1. The van der Waals surface area contributed by atoms with Crippen molar-refractivity contribution in [3.8, 4) is 11.5 Å². The number of halogens is 2. The lowest BCUT2D eigenvalue weighted by Gasteiger charge is -2.19. The molecule has 0 aliphatic rings. The third kappa shape index (κ3) is 6.34. The van der Waals surface area contributed by atoms with Gasteiger partial charge >= 0.3 is 12.7 Å². The Morgan fingerprint density at radius 1 is 1.14 bits per heavy atom. The van der Waals surface area contributed by atoms with E-state index in [1.54, 1.807) is 38.2 Å². The first kappa shape index (κ1) is 21.9. The van der Waals surface area contributed by atoms with Crippen LogP contribution in [0.15, 0.2) is 42.5 Å². The van der Waals surface area contributed by atoms with Crippen LogP contribution >= 0.6 is 0 Å². The summed E-state index contributed by atoms with van der Waals surface area (Å²) in [4.78, 5) is 25.7. The average molecular weight is 408 g/mol. The van der Waals surface area contributed by atoms with Gasteiger partial charge in [0, 0.05) is 24.8 Å². The number of ether oxygens (including phenoxy) is 3. The summed E-state index contributed by atoms with van der Waals surface area (Å²) >= 11 is 0. The Bertz CT molecular complexity index is 861. The van der Waals surface area contributed by atoms with Crippen LogP contribution in [0.25, 0.3) is 0 Å². The highest BCUT2D eigenvalue weighted by molar-refractivity contribution is 5.96. The second kappa shape index (κ2) is 10.3. The molecule has 29 heavy (non-hydrogen) atoms. The van der Waals surface area contributed by atoms with E-state index in [1.165, 1.54) is 30.2 Å². The van der Waals surface area contributed by atoms with Crippen LogP contribution in [0, 0.1) is 0 Å². The van der Waals surface area contributed by atoms with Crippen molar-refractivity contribution in [2.24, 2.45) is 0 Å². The maximum Gasteiger partial charge on any atom is 0.411 e. The zero-order chi connectivity index (χ0) is 21.4. The molecule has 0 radical (unpaired) electrons. The average Bonchev–Trinajstić information content (AvgIpc) is 2.68. The number of anilines is 1. The Balaban J connectivity index is 2.10. The first-order valence-electron chi connectivity index (χ1n) is 8.75. The van der Waals surface area contributed by atoms with Crippen molar-refractivity contribution >= 4 is 17.7 Å². The van der Waals surface area contributed by atoms with Gasteiger partial charge in [0.25, 0.3) is 5.91 Å². The number of alkyl halides is 2. The van der Waals surface area contributed by atoms with Crippen molar-refractivity contribution in [2.75, 3.05) is 26.1 Å². The maximum absolute atomic E-state index is 12.7. The van der Waals surface area contributed by atoms with Gasteiger partial charge in [-0.1, -0.05) is 12.1 Å². The number of amides is 2. The van der Waals surface area contributed by atoms with Crippen LogP contribution in [0.3, 0.4) is 0 Å². The molecule has 2 amide bonds. The maximum atomic E-state index is 12.7. The molecule has 156 valence electrons. The summed E-state index contributed by atoms with van der Waals surface area (Å²) in [6.45, 7) is -0.831.